The SMILES string of the molecule is CC.CCCCC1=NC2(CCCC2)C(=O)N1Cc1ccc(-c2cc(-n3ccc4ccc(F)cc43)ccc2/C(N)=N/NN)cc1. The predicted octanol–water partition coefficient (Wildman–Crippen LogP) is 6.79. The number of halogens is 1. The smallest absolute Gasteiger partial charge is 0.256 e. The largest absolute Gasteiger partial charge is 0.382 e. The van der Waals surface area contributed by atoms with Crippen molar-refractivity contribution < 1.29 is 9.18 Å². The average molecular weight is 596 g/mol. The molecule has 1 amide bonds. The minimum absolute atomic E-state index is 0.152. The molecular weight excluding hydrogens is 553 g/mol. The van der Waals surface area contributed by atoms with Crippen molar-refractivity contribution >= 4 is 28.5 Å². The number of hydrogen-bond acceptors (Lipinski definition) is 5. The molecule has 8 nitrogen and oxygen atoms in total. The zero-order valence-electron chi connectivity index (χ0n) is 25.8. The van der Waals surface area contributed by atoms with Crippen molar-refractivity contribution in [2.75, 3.05) is 0 Å². The molecule has 1 aromatic heterocycles. The van der Waals surface area contributed by atoms with Crippen LogP contribution in [0.5, 0.6) is 0 Å². The standard InChI is InChI=1S/C33H36FN7O.C2H6/c1-2-3-6-30-37-33(16-4-5-17-33)32(42)41(30)21-22-7-9-23(10-8-22)28-20-26(13-14-27(28)31(35)38-39-36)40-18-15-24-11-12-25(34)19-29(24)40;1-2/h7-15,18-20,39H,2-6,16-17,21,36H2,1H3,(H2,35,38);1-2H3. The molecule has 1 aliphatic heterocycles. The Bertz CT molecular complexity index is 1680. The van der Waals surface area contributed by atoms with Gasteiger partial charge in [0.2, 0.25) is 0 Å². The molecule has 1 aliphatic carbocycles. The highest BCUT2D eigenvalue weighted by molar-refractivity contribution is 6.08. The van der Waals surface area contributed by atoms with E-state index in [0.717, 1.165) is 84.1 Å². The van der Waals surface area contributed by atoms with Crippen LogP contribution in [0.2, 0.25) is 0 Å². The summed E-state index contributed by atoms with van der Waals surface area (Å²) in [4.78, 5) is 20.5. The molecule has 230 valence electrons. The fourth-order valence-electron chi connectivity index (χ4n) is 6.27. The van der Waals surface area contributed by atoms with Crippen molar-refractivity contribution in [2.24, 2.45) is 21.7 Å². The number of hydrogen-bond donors (Lipinski definition) is 3. The van der Waals surface area contributed by atoms with Crippen LogP contribution in [-0.4, -0.2) is 32.6 Å². The second kappa shape index (κ2) is 13.4. The van der Waals surface area contributed by atoms with Gasteiger partial charge in [0.1, 0.15) is 17.2 Å². The molecule has 4 aromatic rings. The molecular formula is C35H42FN7O. The molecule has 0 radical (unpaired) electrons. The fourth-order valence-corrected chi connectivity index (χ4v) is 6.27. The minimum Gasteiger partial charge on any atom is -0.382 e. The van der Waals surface area contributed by atoms with Gasteiger partial charge in [-0.15, -0.1) is 5.10 Å². The Morgan fingerprint density at radius 3 is 2.50 bits per heavy atom. The second-order valence-electron chi connectivity index (χ2n) is 11.2. The number of fused-ring (bicyclic) bond motifs is 1. The number of aliphatic imine (C=N–C) groups is 1. The van der Waals surface area contributed by atoms with Crippen LogP contribution in [0.3, 0.4) is 0 Å². The highest BCUT2D eigenvalue weighted by Gasteiger charge is 2.49. The van der Waals surface area contributed by atoms with E-state index >= 15 is 0 Å². The van der Waals surface area contributed by atoms with E-state index in [-0.39, 0.29) is 17.6 Å². The van der Waals surface area contributed by atoms with Gasteiger partial charge in [0.25, 0.3) is 5.91 Å². The summed E-state index contributed by atoms with van der Waals surface area (Å²) < 4.78 is 16.0. The zero-order chi connectivity index (χ0) is 31.3. The lowest BCUT2D eigenvalue weighted by Gasteiger charge is -2.23. The van der Waals surface area contributed by atoms with E-state index in [1.54, 1.807) is 6.07 Å². The molecule has 9 heteroatoms. The number of carbonyl (C=O) groups is 1. The van der Waals surface area contributed by atoms with E-state index in [0.29, 0.717) is 12.1 Å². The Kier molecular flexibility index (Phi) is 9.44. The van der Waals surface area contributed by atoms with Gasteiger partial charge in [-0.3, -0.25) is 14.7 Å². The summed E-state index contributed by atoms with van der Waals surface area (Å²) in [5, 5.41) is 4.95. The van der Waals surface area contributed by atoms with Gasteiger partial charge < -0.3 is 10.3 Å². The Labute approximate surface area is 258 Å². The lowest BCUT2D eigenvalue weighted by molar-refractivity contribution is -0.131. The van der Waals surface area contributed by atoms with Crippen molar-refractivity contribution in [3.63, 3.8) is 0 Å². The summed E-state index contributed by atoms with van der Waals surface area (Å²) in [6.45, 7) is 6.66. The van der Waals surface area contributed by atoms with Gasteiger partial charge >= 0.3 is 0 Å². The topological polar surface area (TPSA) is 114 Å². The highest BCUT2D eigenvalue weighted by Crippen LogP contribution is 2.40. The summed E-state index contributed by atoms with van der Waals surface area (Å²) in [5.74, 6) is 6.46. The van der Waals surface area contributed by atoms with Gasteiger partial charge in [-0.25, -0.2) is 15.8 Å². The zero-order valence-corrected chi connectivity index (χ0v) is 25.8. The molecule has 2 heterocycles. The van der Waals surface area contributed by atoms with Gasteiger partial charge in [0, 0.05) is 29.3 Å². The van der Waals surface area contributed by atoms with Crippen molar-refractivity contribution in [3.05, 3.63) is 89.9 Å². The number of benzene rings is 3. The molecule has 1 saturated carbocycles. The van der Waals surface area contributed by atoms with E-state index < -0.39 is 5.54 Å². The van der Waals surface area contributed by atoms with Crippen LogP contribution >= 0.6 is 0 Å². The summed E-state index contributed by atoms with van der Waals surface area (Å²) in [6.07, 6.45) is 8.63. The van der Waals surface area contributed by atoms with Crippen LogP contribution in [0.15, 0.2) is 83.0 Å². The van der Waals surface area contributed by atoms with Crippen LogP contribution < -0.4 is 17.1 Å². The van der Waals surface area contributed by atoms with Crippen molar-refractivity contribution in [1.29, 1.82) is 0 Å². The maximum Gasteiger partial charge on any atom is 0.256 e. The third-order valence-electron chi connectivity index (χ3n) is 8.49. The molecule has 1 spiro atoms. The molecule has 2 aliphatic rings. The molecule has 0 saturated heterocycles. The normalized spacial score (nSPS) is 15.9. The summed E-state index contributed by atoms with van der Waals surface area (Å²) in [5.41, 5.74) is 13.1. The van der Waals surface area contributed by atoms with E-state index in [1.165, 1.54) is 12.1 Å². The van der Waals surface area contributed by atoms with Crippen LogP contribution in [0.1, 0.15) is 76.8 Å². The van der Waals surface area contributed by atoms with Gasteiger partial charge in [0.15, 0.2) is 5.84 Å². The Balaban J connectivity index is 0.00000188. The monoisotopic (exact) mass is 595 g/mol. The highest BCUT2D eigenvalue weighted by atomic mass is 19.1. The van der Waals surface area contributed by atoms with Crippen molar-refractivity contribution in [1.82, 2.24) is 15.0 Å². The molecule has 6 rings (SSSR count). The maximum absolute atomic E-state index is 14.1. The third kappa shape index (κ3) is 5.97. The van der Waals surface area contributed by atoms with Crippen molar-refractivity contribution in [2.45, 2.75) is 77.8 Å². The first-order chi connectivity index (χ1) is 21.4. The molecule has 3 aromatic carbocycles. The fraction of sp³-hybridized carbons (Fsp3) is 0.343. The first kappa shape index (κ1) is 30.9. The Morgan fingerprint density at radius 1 is 1.05 bits per heavy atom. The van der Waals surface area contributed by atoms with Crippen LogP contribution in [0.25, 0.3) is 27.7 Å². The number of carbonyl (C=O) groups excluding carboxylic acids is 1. The van der Waals surface area contributed by atoms with E-state index in [2.05, 4.69) is 17.6 Å². The lowest BCUT2D eigenvalue weighted by Crippen LogP contribution is -2.40. The molecule has 0 atom stereocenters. The average Bonchev–Trinajstić information content (AvgIpc) is 3.76. The first-order valence-electron chi connectivity index (χ1n) is 15.6. The number of amides is 1. The van der Waals surface area contributed by atoms with Crippen LogP contribution in [0.4, 0.5) is 4.39 Å². The summed E-state index contributed by atoms with van der Waals surface area (Å²) >= 11 is 0. The molecule has 44 heavy (non-hydrogen) atoms. The van der Waals surface area contributed by atoms with Crippen LogP contribution in [0, 0.1) is 5.82 Å². The van der Waals surface area contributed by atoms with E-state index in [4.69, 9.17) is 16.6 Å². The summed E-state index contributed by atoms with van der Waals surface area (Å²) in [6, 6.07) is 20.7. The number of nitrogens with two attached hydrogens (primary N) is 2. The number of nitrogens with zero attached hydrogens (tertiary/aromatic N) is 4. The second-order valence-corrected chi connectivity index (χ2v) is 11.2. The maximum atomic E-state index is 14.1. The number of hydrazine groups is 1. The number of rotatable bonds is 9. The lowest BCUT2D eigenvalue weighted by atomic mass is 9.96. The van der Waals surface area contributed by atoms with E-state index in [9.17, 15) is 9.18 Å². The number of amidine groups is 2. The molecule has 0 unspecified atom stereocenters. The van der Waals surface area contributed by atoms with Gasteiger partial charge in [-0.2, -0.15) is 0 Å². The minimum atomic E-state index is -0.544. The summed E-state index contributed by atoms with van der Waals surface area (Å²) in [7, 11) is 0. The van der Waals surface area contributed by atoms with Gasteiger partial charge in [-0.05, 0) is 78.4 Å². The number of unbranched alkanes of at least 4 members (excludes halogenated alkanes) is 1. The first-order valence-corrected chi connectivity index (χ1v) is 15.6. The Hall–Kier alpha value is -4.50. The van der Waals surface area contributed by atoms with Gasteiger partial charge in [-0.1, -0.05) is 64.3 Å². The number of aromatic nitrogens is 1. The predicted molar refractivity (Wildman–Crippen MR) is 177 cm³/mol. The molecule has 1 fully saturated rings. The number of nitrogens with one attached hydrogen (secondary N) is 1. The molecule has 0 bridgehead atoms. The van der Waals surface area contributed by atoms with Crippen molar-refractivity contribution in [3.8, 4) is 16.8 Å². The van der Waals surface area contributed by atoms with Crippen LogP contribution in [-0.2, 0) is 11.3 Å². The van der Waals surface area contributed by atoms with Gasteiger partial charge in [0.05, 0.1) is 12.1 Å². The third-order valence-corrected chi connectivity index (χ3v) is 8.49. The quantitative estimate of drug-likeness (QED) is 0.0856. The van der Waals surface area contributed by atoms with E-state index in [1.807, 2.05) is 78.0 Å². The number of hydrazone groups is 1. The molecule has 5 N–H and O–H groups in total. The Morgan fingerprint density at radius 2 is 1.80 bits per heavy atom.